The van der Waals surface area contributed by atoms with E-state index in [9.17, 15) is 5.11 Å². The van der Waals surface area contributed by atoms with Crippen LogP contribution in [0.3, 0.4) is 0 Å². The molecule has 0 unspecified atom stereocenters. The summed E-state index contributed by atoms with van der Waals surface area (Å²) >= 11 is 2.09. The SMILES string of the molecule is OC1(CNCC2CCSCC2)CCCCCC1. The van der Waals surface area contributed by atoms with Crippen LogP contribution in [-0.2, 0) is 0 Å². The topological polar surface area (TPSA) is 32.3 Å². The van der Waals surface area contributed by atoms with Gasteiger partial charge in [-0.05, 0) is 49.7 Å². The number of nitrogens with one attached hydrogen (secondary N) is 1. The van der Waals surface area contributed by atoms with Gasteiger partial charge in [0, 0.05) is 6.54 Å². The molecule has 1 saturated heterocycles. The van der Waals surface area contributed by atoms with Crippen LogP contribution < -0.4 is 5.32 Å². The average Bonchev–Trinajstić information content (AvgIpc) is 2.56. The van der Waals surface area contributed by atoms with Crippen molar-refractivity contribution >= 4 is 11.8 Å². The Hall–Kier alpha value is 0.270. The highest BCUT2D eigenvalue weighted by Gasteiger charge is 2.27. The van der Waals surface area contributed by atoms with E-state index < -0.39 is 5.60 Å². The molecule has 2 nitrogen and oxygen atoms in total. The predicted octanol–water partition coefficient (Wildman–Crippen LogP) is 2.80. The molecule has 100 valence electrons. The molecule has 0 aromatic heterocycles. The lowest BCUT2D eigenvalue weighted by Crippen LogP contribution is -2.42. The fraction of sp³-hybridized carbons (Fsp3) is 1.00. The minimum atomic E-state index is -0.403. The fourth-order valence-electron chi connectivity index (χ4n) is 3.02. The van der Waals surface area contributed by atoms with Gasteiger partial charge in [0.2, 0.25) is 0 Å². The molecule has 0 spiro atoms. The van der Waals surface area contributed by atoms with Crippen LogP contribution >= 0.6 is 11.8 Å². The van der Waals surface area contributed by atoms with Crippen molar-refractivity contribution in [3.63, 3.8) is 0 Å². The smallest absolute Gasteiger partial charge is 0.0771 e. The fourth-order valence-corrected chi connectivity index (χ4v) is 4.23. The van der Waals surface area contributed by atoms with Gasteiger partial charge < -0.3 is 10.4 Å². The number of hydrogen-bond acceptors (Lipinski definition) is 3. The molecular weight excluding hydrogens is 230 g/mol. The molecule has 1 heterocycles. The predicted molar refractivity (Wildman–Crippen MR) is 75.6 cm³/mol. The first-order chi connectivity index (χ1) is 8.29. The first kappa shape index (κ1) is 13.7. The first-order valence-electron chi connectivity index (χ1n) is 7.29. The highest BCUT2D eigenvalue weighted by Crippen LogP contribution is 2.27. The molecule has 0 atom stereocenters. The molecule has 2 fully saturated rings. The van der Waals surface area contributed by atoms with E-state index in [4.69, 9.17) is 0 Å². The van der Waals surface area contributed by atoms with Gasteiger partial charge >= 0.3 is 0 Å². The Balaban J connectivity index is 1.65. The second-order valence-corrected chi connectivity index (χ2v) is 7.05. The maximum absolute atomic E-state index is 10.5. The van der Waals surface area contributed by atoms with Gasteiger partial charge in [-0.2, -0.15) is 11.8 Å². The summed E-state index contributed by atoms with van der Waals surface area (Å²) in [7, 11) is 0. The van der Waals surface area contributed by atoms with Crippen LogP contribution in [0, 0.1) is 5.92 Å². The molecule has 0 bridgehead atoms. The van der Waals surface area contributed by atoms with Gasteiger partial charge in [-0.3, -0.25) is 0 Å². The molecule has 0 aromatic rings. The monoisotopic (exact) mass is 257 g/mol. The zero-order chi connectivity index (χ0) is 12.0. The zero-order valence-electron chi connectivity index (χ0n) is 10.9. The van der Waals surface area contributed by atoms with Gasteiger partial charge in [0.15, 0.2) is 0 Å². The standard InChI is InChI=1S/C14H27NOS/c16-14(7-3-1-2-4-8-14)12-15-11-13-5-9-17-10-6-13/h13,15-16H,1-12H2. The highest BCUT2D eigenvalue weighted by atomic mass is 32.2. The Morgan fingerprint density at radius 2 is 1.71 bits per heavy atom. The largest absolute Gasteiger partial charge is 0.389 e. The van der Waals surface area contributed by atoms with Gasteiger partial charge in [0.25, 0.3) is 0 Å². The van der Waals surface area contributed by atoms with Crippen LogP contribution in [0.15, 0.2) is 0 Å². The molecule has 0 aromatic carbocycles. The van der Waals surface area contributed by atoms with Crippen molar-refractivity contribution in [2.24, 2.45) is 5.92 Å². The summed E-state index contributed by atoms with van der Waals surface area (Å²) < 4.78 is 0. The summed E-state index contributed by atoms with van der Waals surface area (Å²) in [6.45, 7) is 1.93. The molecule has 1 aliphatic carbocycles. The van der Waals surface area contributed by atoms with E-state index in [1.165, 1.54) is 50.0 Å². The minimum absolute atomic E-state index is 0.403. The van der Waals surface area contributed by atoms with Crippen LogP contribution in [-0.4, -0.2) is 35.3 Å². The van der Waals surface area contributed by atoms with E-state index in [2.05, 4.69) is 17.1 Å². The molecule has 2 aliphatic rings. The summed E-state index contributed by atoms with van der Waals surface area (Å²) in [6, 6.07) is 0. The normalized spacial score (nSPS) is 26.6. The van der Waals surface area contributed by atoms with Crippen molar-refractivity contribution in [3.05, 3.63) is 0 Å². The molecule has 2 rings (SSSR count). The maximum Gasteiger partial charge on any atom is 0.0771 e. The van der Waals surface area contributed by atoms with Gasteiger partial charge in [-0.15, -0.1) is 0 Å². The summed E-state index contributed by atoms with van der Waals surface area (Å²) in [5.74, 6) is 3.51. The third-order valence-electron chi connectivity index (χ3n) is 4.26. The lowest BCUT2D eigenvalue weighted by Gasteiger charge is -2.29. The zero-order valence-corrected chi connectivity index (χ0v) is 11.7. The lowest BCUT2D eigenvalue weighted by molar-refractivity contribution is 0.0245. The Morgan fingerprint density at radius 3 is 2.35 bits per heavy atom. The van der Waals surface area contributed by atoms with Crippen molar-refractivity contribution in [2.75, 3.05) is 24.6 Å². The van der Waals surface area contributed by atoms with E-state index in [1.54, 1.807) is 0 Å². The van der Waals surface area contributed by atoms with Gasteiger partial charge in [0.05, 0.1) is 5.60 Å². The van der Waals surface area contributed by atoms with Crippen LogP contribution in [0.4, 0.5) is 0 Å². The second kappa shape index (κ2) is 7.01. The minimum Gasteiger partial charge on any atom is -0.389 e. The molecule has 1 aliphatic heterocycles. The highest BCUT2D eigenvalue weighted by molar-refractivity contribution is 7.99. The number of rotatable bonds is 4. The quantitative estimate of drug-likeness (QED) is 0.760. The van der Waals surface area contributed by atoms with Gasteiger partial charge in [-0.1, -0.05) is 25.7 Å². The van der Waals surface area contributed by atoms with E-state index >= 15 is 0 Å². The maximum atomic E-state index is 10.5. The van der Waals surface area contributed by atoms with Gasteiger partial charge in [-0.25, -0.2) is 0 Å². The van der Waals surface area contributed by atoms with Crippen molar-refractivity contribution in [3.8, 4) is 0 Å². The number of thioether (sulfide) groups is 1. The third kappa shape index (κ3) is 4.80. The molecule has 0 amide bonds. The Labute approximate surface area is 110 Å². The van der Waals surface area contributed by atoms with Crippen LogP contribution in [0.5, 0.6) is 0 Å². The van der Waals surface area contributed by atoms with Crippen molar-refractivity contribution in [1.82, 2.24) is 5.32 Å². The Kier molecular flexibility index (Phi) is 5.64. The number of aliphatic hydroxyl groups is 1. The molecule has 1 saturated carbocycles. The Bertz CT molecular complexity index is 208. The van der Waals surface area contributed by atoms with Crippen molar-refractivity contribution in [2.45, 2.75) is 57.0 Å². The third-order valence-corrected chi connectivity index (χ3v) is 5.31. The van der Waals surface area contributed by atoms with Crippen LogP contribution in [0.25, 0.3) is 0 Å². The van der Waals surface area contributed by atoms with Gasteiger partial charge in [0.1, 0.15) is 0 Å². The summed E-state index contributed by atoms with van der Waals surface area (Å²) in [5.41, 5.74) is -0.403. The van der Waals surface area contributed by atoms with E-state index in [0.717, 1.165) is 31.8 Å². The summed E-state index contributed by atoms with van der Waals surface area (Å²) in [5, 5.41) is 14.0. The molecular formula is C14H27NOS. The Morgan fingerprint density at radius 1 is 1.06 bits per heavy atom. The van der Waals surface area contributed by atoms with Crippen LogP contribution in [0.1, 0.15) is 51.4 Å². The first-order valence-corrected chi connectivity index (χ1v) is 8.45. The second-order valence-electron chi connectivity index (χ2n) is 5.83. The number of hydrogen-bond donors (Lipinski definition) is 2. The molecule has 2 N–H and O–H groups in total. The van der Waals surface area contributed by atoms with E-state index in [-0.39, 0.29) is 0 Å². The van der Waals surface area contributed by atoms with Crippen LogP contribution in [0.2, 0.25) is 0 Å². The average molecular weight is 257 g/mol. The lowest BCUT2D eigenvalue weighted by atomic mass is 9.94. The van der Waals surface area contributed by atoms with E-state index in [0.29, 0.717) is 0 Å². The molecule has 3 heteroatoms. The summed E-state index contributed by atoms with van der Waals surface area (Å²) in [4.78, 5) is 0. The molecule has 17 heavy (non-hydrogen) atoms. The van der Waals surface area contributed by atoms with E-state index in [1.807, 2.05) is 0 Å². The summed E-state index contributed by atoms with van der Waals surface area (Å²) in [6.07, 6.45) is 9.74. The molecule has 0 radical (unpaired) electrons. The van der Waals surface area contributed by atoms with Crippen molar-refractivity contribution in [1.29, 1.82) is 0 Å². The van der Waals surface area contributed by atoms with Crippen molar-refractivity contribution < 1.29 is 5.11 Å².